The van der Waals surface area contributed by atoms with Crippen molar-refractivity contribution in [2.24, 2.45) is 5.41 Å². The molecule has 0 radical (unpaired) electrons. The van der Waals surface area contributed by atoms with Crippen LogP contribution in [0.3, 0.4) is 0 Å². The van der Waals surface area contributed by atoms with E-state index in [2.05, 4.69) is 43.2 Å². The van der Waals surface area contributed by atoms with E-state index in [1.54, 1.807) is 0 Å². The molecular formula is C19H26N4O2. The highest BCUT2D eigenvalue weighted by atomic mass is 16.5. The fraction of sp³-hybridized carbons (Fsp3) is 0.526. The quantitative estimate of drug-likeness (QED) is 0.929. The summed E-state index contributed by atoms with van der Waals surface area (Å²) in [6.07, 6.45) is 0.734. The van der Waals surface area contributed by atoms with E-state index >= 15 is 0 Å². The van der Waals surface area contributed by atoms with Gasteiger partial charge in [0.1, 0.15) is 0 Å². The van der Waals surface area contributed by atoms with Crippen LogP contribution in [0.1, 0.15) is 43.9 Å². The Hall–Kier alpha value is -2.21. The highest BCUT2D eigenvalue weighted by Crippen LogP contribution is 2.22. The van der Waals surface area contributed by atoms with Crippen LogP contribution in [0.25, 0.3) is 11.4 Å². The van der Waals surface area contributed by atoms with Crippen molar-refractivity contribution in [2.75, 3.05) is 19.6 Å². The van der Waals surface area contributed by atoms with Gasteiger partial charge in [-0.2, -0.15) is 4.98 Å². The second kappa shape index (κ2) is 6.96. The van der Waals surface area contributed by atoms with E-state index < -0.39 is 0 Å². The summed E-state index contributed by atoms with van der Waals surface area (Å²) < 4.78 is 5.34. The lowest BCUT2D eigenvalue weighted by atomic mass is 9.92. The smallest absolute Gasteiger partial charge is 0.254 e. The third kappa shape index (κ3) is 4.25. The third-order valence-corrected chi connectivity index (χ3v) is 4.30. The SMILES string of the molecule is C[C@H]1CNCCN1C(=O)c1ccc(-c2noc(CC(C)(C)C)n2)cc1. The Morgan fingerprint density at radius 2 is 2.04 bits per heavy atom. The Morgan fingerprint density at radius 1 is 1.32 bits per heavy atom. The molecule has 1 aromatic carbocycles. The largest absolute Gasteiger partial charge is 0.339 e. The minimum Gasteiger partial charge on any atom is -0.339 e. The van der Waals surface area contributed by atoms with Gasteiger partial charge in [-0.05, 0) is 24.5 Å². The second-order valence-electron chi connectivity index (χ2n) is 7.88. The molecule has 1 atom stereocenters. The zero-order chi connectivity index (χ0) is 18.0. The van der Waals surface area contributed by atoms with Crippen molar-refractivity contribution in [2.45, 2.75) is 40.2 Å². The molecule has 134 valence electrons. The molecule has 6 nitrogen and oxygen atoms in total. The Bertz CT molecular complexity index is 731. The predicted octanol–water partition coefficient (Wildman–Crippen LogP) is 2.76. The molecule has 0 bridgehead atoms. The number of carbonyl (C=O) groups is 1. The van der Waals surface area contributed by atoms with Crippen LogP contribution in [0.15, 0.2) is 28.8 Å². The molecule has 1 aromatic heterocycles. The van der Waals surface area contributed by atoms with Gasteiger partial charge in [0.15, 0.2) is 0 Å². The molecule has 2 aromatic rings. The van der Waals surface area contributed by atoms with E-state index in [-0.39, 0.29) is 17.4 Å². The number of amides is 1. The Kier molecular flexibility index (Phi) is 4.90. The van der Waals surface area contributed by atoms with Gasteiger partial charge in [-0.25, -0.2) is 0 Å². The summed E-state index contributed by atoms with van der Waals surface area (Å²) in [6, 6.07) is 7.65. The van der Waals surface area contributed by atoms with Gasteiger partial charge in [0.2, 0.25) is 11.7 Å². The van der Waals surface area contributed by atoms with Crippen molar-refractivity contribution >= 4 is 5.91 Å². The van der Waals surface area contributed by atoms with Crippen LogP contribution >= 0.6 is 0 Å². The molecule has 0 saturated carbocycles. The number of carbonyl (C=O) groups excluding carboxylic acids is 1. The number of aromatic nitrogens is 2. The van der Waals surface area contributed by atoms with E-state index in [1.807, 2.05) is 29.2 Å². The average Bonchev–Trinajstić information content (AvgIpc) is 3.01. The molecule has 1 aliphatic rings. The molecule has 1 fully saturated rings. The normalized spacial score (nSPS) is 18.4. The molecule has 2 heterocycles. The molecule has 25 heavy (non-hydrogen) atoms. The summed E-state index contributed by atoms with van der Waals surface area (Å²) in [5.41, 5.74) is 1.64. The van der Waals surface area contributed by atoms with Crippen LogP contribution in [0.5, 0.6) is 0 Å². The first kappa shape index (κ1) is 17.6. The number of piperazine rings is 1. The first-order valence-corrected chi connectivity index (χ1v) is 8.78. The molecule has 1 saturated heterocycles. The molecule has 1 N–H and O–H groups in total. The number of nitrogens with one attached hydrogen (secondary N) is 1. The monoisotopic (exact) mass is 342 g/mol. The molecule has 1 aliphatic heterocycles. The van der Waals surface area contributed by atoms with Crippen molar-refractivity contribution < 1.29 is 9.32 Å². The predicted molar refractivity (Wildman–Crippen MR) is 96.3 cm³/mol. The zero-order valence-electron chi connectivity index (χ0n) is 15.4. The van der Waals surface area contributed by atoms with Gasteiger partial charge >= 0.3 is 0 Å². The lowest BCUT2D eigenvalue weighted by molar-refractivity contribution is 0.0656. The van der Waals surface area contributed by atoms with Gasteiger partial charge in [0.25, 0.3) is 5.91 Å². The fourth-order valence-electron chi connectivity index (χ4n) is 2.97. The van der Waals surface area contributed by atoms with Gasteiger partial charge < -0.3 is 14.7 Å². The minimum absolute atomic E-state index is 0.0714. The molecule has 1 amide bonds. The maximum atomic E-state index is 12.7. The molecular weight excluding hydrogens is 316 g/mol. The topological polar surface area (TPSA) is 71.3 Å². The highest BCUT2D eigenvalue weighted by Gasteiger charge is 2.24. The minimum atomic E-state index is 0.0714. The first-order chi connectivity index (χ1) is 11.8. The standard InChI is InChI=1S/C19H26N4O2/c1-13-12-20-9-10-23(13)18(24)15-7-5-14(6-8-15)17-21-16(25-22-17)11-19(2,3)4/h5-8,13,20H,9-12H2,1-4H3/t13-/m0/s1. The van der Waals surface area contributed by atoms with Gasteiger partial charge in [-0.3, -0.25) is 4.79 Å². The van der Waals surface area contributed by atoms with E-state index in [9.17, 15) is 4.79 Å². The molecule has 3 rings (SSSR count). The number of hydrogen-bond acceptors (Lipinski definition) is 5. The van der Waals surface area contributed by atoms with E-state index in [0.29, 0.717) is 17.3 Å². The molecule has 6 heteroatoms. The third-order valence-electron chi connectivity index (χ3n) is 4.30. The number of rotatable bonds is 3. The van der Waals surface area contributed by atoms with Crippen molar-refractivity contribution in [3.8, 4) is 11.4 Å². The number of benzene rings is 1. The summed E-state index contributed by atoms with van der Waals surface area (Å²) >= 11 is 0. The van der Waals surface area contributed by atoms with Crippen molar-refractivity contribution in [1.29, 1.82) is 0 Å². The van der Waals surface area contributed by atoms with Crippen LogP contribution in [-0.4, -0.2) is 46.6 Å². The van der Waals surface area contributed by atoms with Crippen molar-refractivity contribution in [3.05, 3.63) is 35.7 Å². The van der Waals surface area contributed by atoms with Crippen LogP contribution < -0.4 is 5.32 Å². The summed E-state index contributed by atoms with van der Waals surface area (Å²) in [4.78, 5) is 19.0. The van der Waals surface area contributed by atoms with Crippen LogP contribution in [0.2, 0.25) is 0 Å². The number of nitrogens with zero attached hydrogens (tertiary/aromatic N) is 3. The van der Waals surface area contributed by atoms with Crippen molar-refractivity contribution in [1.82, 2.24) is 20.4 Å². The molecule has 0 spiro atoms. The van der Waals surface area contributed by atoms with E-state index in [0.717, 1.165) is 31.6 Å². The fourth-order valence-corrected chi connectivity index (χ4v) is 2.97. The average molecular weight is 342 g/mol. The lowest BCUT2D eigenvalue weighted by Crippen LogP contribution is -2.52. The summed E-state index contributed by atoms with van der Waals surface area (Å²) in [7, 11) is 0. The number of hydrogen-bond donors (Lipinski definition) is 1. The second-order valence-corrected chi connectivity index (χ2v) is 7.88. The maximum absolute atomic E-state index is 12.7. The van der Waals surface area contributed by atoms with Gasteiger partial charge in [0, 0.05) is 43.2 Å². The summed E-state index contributed by atoms with van der Waals surface area (Å²) in [6.45, 7) is 10.9. The van der Waals surface area contributed by atoms with Gasteiger partial charge in [-0.15, -0.1) is 0 Å². The summed E-state index contributed by atoms with van der Waals surface area (Å²) in [5.74, 6) is 1.27. The Morgan fingerprint density at radius 3 is 2.68 bits per heavy atom. The van der Waals surface area contributed by atoms with Crippen LogP contribution in [-0.2, 0) is 6.42 Å². The van der Waals surface area contributed by atoms with Gasteiger partial charge in [-0.1, -0.05) is 38.1 Å². The van der Waals surface area contributed by atoms with E-state index in [1.165, 1.54) is 0 Å². The van der Waals surface area contributed by atoms with Crippen LogP contribution in [0, 0.1) is 5.41 Å². The Balaban J connectivity index is 1.73. The van der Waals surface area contributed by atoms with Crippen molar-refractivity contribution in [3.63, 3.8) is 0 Å². The molecule has 0 unspecified atom stereocenters. The first-order valence-electron chi connectivity index (χ1n) is 8.78. The van der Waals surface area contributed by atoms with Gasteiger partial charge in [0.05, 0.1) is 0 Å². The zero-order valence-corrected chi connectivity index (χ0v) is 15.4. The maximum Gasteiger partial charge on any atom is 0.254 e. The Labute approximate surface area is 148 Å². The lowest BCUT2D eigenvalue weighted by Gasteiger charge is -2.34. The highest BCUT2D eigenvalue weighted by molar-refractivity contribution is 5.95. The van der Waals surface area contributed by atoms with Crippen LogP contribution in [0.4, 0.5) is 0 Å². The van der Waals surface area contributed by atoms with E-state index in [4.69, 9.17) is 4.52 Å². The summed E-state index contributed by atoms with van der Waals surface area (Å²) in [5, 5.41) is 7.36. The molecule has 0 aliphatic carbocycles.